The van der Waals surface area contributed by atoms with Gasteiger partial charge in [-0.1, -0.05) is 6.07 Å². The normalized spacial score (nSPS) is 14.9. The predicted octanol–water partition coefficient (Wildman–Crippen LogP) is 2.38. The smallest absolute Gasteiger partial charge is 0.220 e. The van der Waals surface area contributed by atoms with Gasteiger partial charge in [0.15, 0.2) is 17.2 Å². The monoisotopic (exact) mass is 358 g/mol. The lowest BCUT2D eigenvalue weighted by molar-refractivity contribution is 0.263. The number of fused-ring (bicyclic) bond motifs is 3. The minimum Gasteiger partial charge on any atom is -0.493 e. The van der Waals surface area contributed by atoms with Crippen molar-refractivity contribution in [3.05, 3.63) is 45.6 Å². The minimum absolute atomic E-state index is 0.0745. The molecule has 0 amide bonds. The Bertz CT molecular complexity index is 890. The van der Waals surface area contributed by atoms with Crippen LogP contribution in [0.5, 0.6) is 23.0 Å². The molecule has 1 atom stereocenters. The van der Waals surface area contributed by atoms with Crippen LogP contribution in [0.15, 0.2) is 29.1 Å². The quantitative estimate of drug-likeness (QED) is 0.885. The molecular formula is C20H22O6. The van der Waals surface area contributed by atoms with Crippen LogP contribution in [0.2, 0.25) is 0 Å². The van der Waals surface area contributed by atoms with Crippen molar-refractivity contribution in [2.45, 2.75) is 12.3 Å². The Morgan fingerprint density at radius 1 is 0.962 bits per heavy atom. The van der Waals surface area contributed by atoms with Crippen molar-refractivity contribution in [1.82, 2.24) is 0 Å². The SMILES string of the molecule is COc1cc2c(c(OC)c1OC)-c1ccc(OC)c(=O)cc1[C@@H](CO)C2. The van der Waals surface area contributed by atoms with E-state index in [9.17, 15) is 9.90 Å². The Morgan fingerprint density at radius 2 is 1.65 bits per heavy atom. The van der Waals surface area contributed by atoms with E-state index in [4.69, 9.17) is 18.9 Å². The first kappa shape index (κ1) is 18.1. The van der Waals surface area contributed by atoms with E-state index >= 15 is 0 Å². The van der Waals surface area contributed by atoms with Crippen LogP contribution in [0.1, 0.15) is 17.0 Å². The maximum Gasteiger partial charge on any atom is 0.220 e. The van der Waals surface area contributed by atoms with Gasteiger partial charge in [-0.05, 0) is 41.3 Å². The molecule has 3 rings (SSSR count). The second-order valence-corrected chi connectivity index (χ2v) is 6.04. The summed E-state index contributed by atoms with van der Waals surface area (Å²) in [7, 11) is 6.15. The lowest BCUT2D eigenvalue weighted by Crippen LogP contribution is -2.16. The van der Waals surface area contributed by atoms with Crippen LogP contribution in [0.3, 0.4) is 0 Å². The van der Waals surface area contributed by atoms with Crippen LogP contribution < -0.4 is 24.4 Å². The summed E-state index contributed by atoms with van der Waals surface area (Å²) in [6.07, 6.45) is 0.557. The molecule has 0 radical (unpaired) electrons. The standard InChI is InChI=1S/C20H22O6/c1-23-16-6-5-13-14(9-15(16)22)12(10-21)7-11-8-17(24-2)19(25-3)20(26-4)18(11)13/h5-6,8-9,12,21H,7,10H2,1-4H3/t12-/m1/s1. The molecule has 0 saturated heterocycles. The maximum atomic E-state index is 12.4. The highest BCUT2D eigenvalue weighted by atomic mass is 16.5. The number of benzene rings is 1. The molecule has 0 unspecified atom stereocenters. The lowest BCUT2D eigenvalue weighted by Gasteiger charge is -2.28. The van der Waals surface area contributed by atoms with Gasteiger partial charge in [0.25, 0.3) is 0 Å². The van der Waals surface area contributed by atoms with Gasteiger partial charge in [-0.15, -0.1) is 0 Å². The van der Waals surface area contributed by atoms with Crippen molar-refractivity contribution >= 4 is 0 Å². The average Bonchev–Trinajstić information content (AvgIpc) is 2.83. The minimum atomic E-state index is -0.227. The predicted molar refractivity (Wildman–Crippen MR) is 97.9 cm³/mol. The van der Waals surface area contributed by atoms with Gasteiger partial charge in [0.05, 0.1) is 35.0 Å². The van der Waals surface area contributed by atoms with Crippen molar-refractivity contribution in [1.29, 1.82) is 0 Å². The van der Waals surface area contributed by atoms with Crippen LogP contribution in [0, 0.1) is 0 Å². The third-order valence-corrected chi connectivity index (χ3v) is 4.77. The van der Waals surface area contributed by atoms with E-state index in [-0.39, 0.29) is 23.7 Å². The molecule has 0 spiro atoms. The van der Waals surface area contributed by atoms with Crippen molar-refractivity contribution in [3.8, 4) is 34.1 Å². The number of methoxy groups -OCH3 is 4. The molecule has 1 aliphatic rings. The van der Waals surface area contributed by atoms with Gasteiger partial charge in [0.1, 0.15) is 0 Å². The third kappa shape index (κ3) is 2.76. The number of hydrogen-bond acceptors (Lipinski definition) is 6. The summed E-state index contributed by atoms with van der Waals surface area (Å²) in [6, 6.07) is 6.89. The maximum absolute atomic E-state index is 12.4. The number of aliphatic hydroxyl groups excluding tert-OH is 1. The molecule has 0 fully saturated rings. The Balaban J connectivity index is 2.41. The van der Waals surface area contributed by atoms with Gasteiger partial charge in [0.2, 0.25) is 11.2 Å². The van der Waals surface area contributed by atoms with Crippen molar-refractivity contribution in [3.63, 3.8) is 0 Å². The fourth-order valence-corrected chi connectivity index (χ4v) is 3.56. The summed E-state index contributed by atoms with van der Waals surface area (Å²) in [5, 5.41) is 9.90. The van der Waals surface area contributed by atoms with E-state index < -0.39 is 0 Å². The summed E-state index contributed by atoms with van der Waals surface area (Å²) in [5.41, 5.74) is 3.14. The van der Waals surface area contributed by atoms with E-state index in [1.54, 1.807) is 27.4 Å². The summed E-state index contributed by atoms with van der Waals surface area (Å²) in [4.78, 5) is 12.4. The van der Waals surface area contributed by atoms with Gasteiger partial charge in [-0.3, -0.25) is 4.79 Å². The second kappa shape index (κ2) is 7.25. The molecule has 1 N–H and O–H groups in total. The molecule has 2 aromatic rings. The topological polar surface area (TPSA) is 74.2 Å². The molecule has 26 heavy (non-hydrogen) atoms. The lowest BCUT2D eigenvalue weighted by atomic mass is 9.79. The third-order valence-electron chi connectivity index (χ3n) is 4.77. The zero-order valence-electron chi connectivity index (χ0n) is 15.3. The molecule has 0 aliphatic heterocycles. The highest BCUT2D eigenvalue weighted by Crippen LogP contribution is 2.51. The second-order valence-electron chi connectivity index (χ2n) is 6.04. The zero-order chi connectivity index (χ0) is 18.8. The number of ether oxygens (including phenoxy) is 4. The Kier molecular flexibility index (Phi) is 5.04. The first-order chi connectivity index (χ1) is 12.6. The Labute approximate surface area is 151 Å². The van der Waals surface area contributed by atoms with Gasteiger partial charge in [0, 0.05) is 11.5 Å². The fraction of sp³-hybridized carbons (Fsp3) is 0.350. The summed E-state index contributed by atoms with van der Waals surface area (Å²) < 4.78 is 21.7. The first-order valence-electron chi connectivity index (χ1n) is 8.24. The van der Waals surface area contributed by atoms with E-state index in [0.29, 0.717) is 23.7 Å². The molecule has 6 heteroatoms. The van der Waals surface area contributed by atoms with E-state index in [2.05, 4.69) is 0 Å². The van der Waals surface area contributed by atoms with Crippen LogP contribution in [-0.2, 0) is 6.42 Å². The van der Waals surface area contributed by atoms with E-state index in [0.717, 1.165) is 22.3 Å². The van der Waals surface area contributed by atoms with Crippen molar-refractivity contribution in [2.75, 3.05) is 35.0 Å². The highest BCUT2D eigenvalue weighted by Gasteiger charge is 2.30. The molecule has 0 saturated carbocycles. The van der Waals surface area contributed by atoms with Crippen molar-refractivity contribution < 1.29 is 24.1 Å². The van der Waals surface area contributed by atoms with Crippen LogP contribution in [0.4, 0.5) is 0 Å². The molecule has 0 aromatic heterocycles. The first-order valence-corrected chi connectivity index (χ1v) is 8.24. The van der Waals surface area contributed by atoms with E-state index in [1.807, 2.05) is 12.1 Å². The largest absolute Gasteiger partial charge is 0.493 e. The molecule has 2 aromatic carbocycles. The average molecular weight is 358 g/mol. The van der Waals surface area contributed by atoms with Crippen LogP contribution in [-0.4, -0.2) is 40.2 Å². The van der Waals surface area contributed by atoms with Crippen molar-refractivity contribution in [2.24, 2.45) is 0 Å². The zero-order valence-corrected chi connectivity index (χ0v) is 15.3. The fourth-order valence-electron chi connectivity index (χ4n) is 3.56. The molecule has 6 nitrogen and oxygen atoms in total. The summed E-state index contributed by atoms with van der Waals surface area (Å²) >= 11 is 0. The number of hydrogen-bond donors (Lipinski definition) is 1. The van der Waals surface area contributed by atoms with Crippen LogP contribution >= 0.6 is 0 Å². The highest BCUT2D eigenvalue weighted by molar-refractivity contribution is 5.83. The van der Waals surface area contributed by atoms with Crippen LogP contribution in [0.25, 0.3) is 11.1 Å². The molecule has 1 aliphatic carbocycles. The molecular weight excluding hydrogens is 336 g/mol. The van der Waals surface area contributed by atoms with Gasteiger partial charge in [-0.25, -0.2) is 0 Å². The van der Waals surface area contributed by atoms with Gasteiger partial charge < -0.3 is 24.1 Å². The molecule has 0 bridgehead atoms. The van der Waals surface area contributed by atoms with Gasteiger partial charge >= 0.3 is 0 Å². The summed E-state index contributed by atoms with van der Waals surface area (Å²) in [5.74, 6) is 1.63. The Hall–Kier alpha value is -2.73. The molecule has 0 heterocycles. The van der Waals surface area contributed by atoms with Gasteiger partial charge in [-0.2, -0.15) is 0 Å². The van der Waals surface area contributed by atoms with E-state index in [1.165, 1.54) is 13.2 Å². The molecule has 138 valence electrons. The Morgan fingerprint density at radius 3 is 2.23 bits per heavy atom. The number of aliphatic hydroxyl groups is 1. The number of rotatable bonds is 5. The summed E-state index contributed by atoms with van der Waals surface area (Å²) in [6.45, 7) is -0.0745.